The maximum atomic E-state index is 12.4. The van der Waals surface area contributed by atoms with Crippen molar-refractivity contribution in [2.75, 3.05) is 11.9 Å². The fraction of sp³-hybridized carbons (Fsp3) is 0.333. The number of hydrogen-bond donors (Lipinski definition) is 0. The Morgan fingerprint density at radius 3 is 2.42 bits per heavy atom. The van der Waals surface area contributed by atoms with Crippen molar-refractivity contribution in [3.8, 4) is 0 Å². The van der Waals surface area contributed by atoms with Crippen molar-refractivity contribution < 1.29 is 4.79 Å². The van der Waals surface area contributed by atoms with Crippen LogP contribution in [-0.2, 0) is 0 Å². The first-order chi connectivity index (χ1) is 9.00. The van der Waals surface area contributed by atoms with E-state index >= 15 is 0 Å². The number of hydrogen-bond acceptors (Lipinski definition) is 2. The lowest BCUT2D eigenvalue weighted by Gasteiger charge is -2.15. The second kappa shape index (κ2) is 5.26. The lowest BCUT2D eigenvalue weighted by molar-refractivity contribution is 0.0987. The first-order valence-electron chi connectivity index (χ1n) is 6.40. The maximum absolute atomic E-state index is 12.4. The van der Waals surface area contributed by atoms with E-state index in [4.69, 9.17) is 0 Å². The lowest BCUT2D eigenvalue weighted by atomic mass is 10.2. The standard InChI is InChI=1S/C15H19N3O/c1-11(2)18-12(3)10-14(16-18)15(19)17(4)13-8-6-5-7-9-13/h5-11H,1-4H3. The molecule has 1 aromatic heterocycles. The van der Waals surface area contributed by atoms with Gasteiger partial charge in [-0.25, -0.2) is 0 Å². The van der Waals surface area contributed by atoms with E-state index in [1.807, 2.05) is 48.0 Å². The second-order valence-electron chi connectivity index (χ2n) is 4.91. The Labute approximate surface area is 113 Å². The van der Waals surface area contributed by atoms with Gasteiger partial charge in [0, 0.05) is 24.5 Å². The van der Waals surface area contributed by atoms with Crippen LogP contribution in [-0.4, -0.2) is 22.7 Å². The van der Waals surface area contributed by atoms with Gasteiger partial charge in [0.25, 0.3) is 5.91 Å². The van der Waals surface area contributed by atoms with Crippen molar-refractivity contribution in [1.82, 2.24) is 9.78 Å². The van der Waals surface area contributed by atoms with Gasteiger partial charge in [0.2, 0.25) is 0 Å². The quantitative estimate of drug-likeness (QED) is 0.847. The zero-order valence-electron chi connectivity index (χ0n) is 11.8. The van der Waals surface area contributed by atoms with Gasteiger partial charge in [-0.15, -0.1) is 0 Å². The molecule has 0 saturated carbocycles. The molecular formula is C15H19N3O. The van der Waals surface area contributed by atoms with Gasteiger partial charge >= 0.3 is 0 Å². The largest absolute Gasteiger partial charge is 0.310 e. The Balaban J connectivity index is 2.27. The number of aromatic nitrogens is 2. The number of anilines is 1. The van der Waals surface area contributed by atoms with Crippen molar-refractivity contribution in [1.29, 1.82) is 0 Å². The van der Waals surface area contributed by atoms with Crippen LogP contribution in [0.5, 0.6) is 0 Å². The Hall–Kier alpha value is -2.10. The topological polar surface area (TPSA) is 38.1 Å². The van der Waals surface area contributed by atoms with Gasteiger partial charge in [0.15, 0.2) is 5.69 Å². The second-order valence-corrected chi connectivity index (χ2v) is 4.91. The van der Waals surface area contributed by atoms with E-state index in [2.05, 4.69) is 18.9 Å². The summed E-state index contributed by atoms with van der Waals surface area (Å²) in [4.78, 5) is 14.0. The summed E-state index contributed by atoms with van der Waals surface area (Å²) in [5.41, 5.74) is 2.35. The first kappa shape index (κ1) is 13.3. The highest BCUT2D eigenvalue weighted by atomic mass is 16.2. The molecule has 0 saturated heterocycles. The number of aryl methyl sites for hydroxylation is 1. The van der Waals surface area contributed by atoms with E-state index in [1.54, 1.807) is 11.9 Å². The third kappa shape index (κ3) is 2.67. The van der Waals surface area contributed by atoms with E-state index in [9.17, 15) is 4.79 Å². The lowest BCUT2D eigenvalue weighted by Crippen LogP contribution is -2.26. The predicted molar refractivity (Wildman–Crippen MR) is 76.5 cm³/mol. The molecule has 0 unspecified atom stereocenters. The molecule has 100 valence electrons. The van der Waals surface area contributed by atoms with Crippen molar-refractivity contribution in [2.24, 2.45) is 0 Å². The highest BCUT2D eigenvalue weighted by molar-refractivity contribution is 6.04. The van der Waals surface area contributed by atoms with E-state index in [0.29, 0.717) is 5.69 Å². The average Bonchev–Trinajstić information content (AvgIpc) is 2.80. The molecule has 0 spiro atoms. The van der Waals surface area contributed by atoms with E-state index in [-0.39, 0.29) is 11.9 Å². The summed E-state index contributed by atoms with van der Waals surface area (Å²) in [6.07, 6.45) is 0. The predicted octanol–water partition coefficient (Wildman–Crippen LogP) is 3.05. The summed E-state index contributed by atoms with van der Waals surface area (Å²) in [6, 6.07) is 11.7. The van der Waals surface area contributed by atoms with E-state index in [0.717, 1.165) is 11.4 Å². The summed E-state index contributed by atoms with van der Waals surface area (Å²) in [5.74, 6) is -0.0892. The third-order valence-corrected chi connectivity index (χ3v) is 3.08. The van der Waals surface area contributed by atoms with Crippen LogP contribution in [0.1, 0.15) is 36.1 Å². The molecule has 19 heavy (non-hydrogen) atoms. The van der Waals surface area contributed by atoms with Crippen LogP contribution in [0.2, 0.25) is 0 Å². The Morgan fingerprint density at radius 2 is 1.89 bits per heavy atom. The van der Waals surface area contributed by atoms with Gasteiger partial charge in [-0.1, -0.05) is 18.2 Å². The molecule has 1 amide bonds. The molecule has 0 aliphatic heterocycles. The minimum absolute atomic E-state index is 0.0892. The van der Waals surface area contributed by atoms with Crippen molar-refractivity contribution in [3.05, 3.63) is 47.8 Å². The highest BCUT2D eigenvalue weighted by Gasteiger charge is 2.18. The van der Waals surface area contributed by atoms with Crippen LogP contribution in [0.3, 0.4) is 0 Å². The van der Waals surface area contributed by atoms with Gasteiger partial charge in [0.1, 0.15) is 0 Å². The van der Waals surface area contributed by atoms with Gasteiger partial charge in [0.05, 0.1) is 0 Å². The summed E-state index contributed by atoms with van der Waals surface area (Å²) in [6.45, 7) is 6.07. The highest BCUT2D eigenvalue weighted by Crippen LogP contribution is 2.16. The molecular weight excluding hydrogens is 238 g/mol. The summed E-state index contributed by atoms with van der Waals surface area (Å²) in [5, 5.41) is 4.38. The minimum atomic E-state index is -0.0892. The molecule has 0 aliphatic carbocycles. The Kier molecular flexibility index (Phi) is 3.69. The number of rotatable bonds is 3. The molecule has 0 fully saturated rings. The smallest absolute Gasteiger partial charge is 0.278 e. The monoisotopic (exact) mass is 257 g/mol. The molecule has 4 heteroatoms. The van der Waals surface area contributed by atoms with Crippen LogP contribution in [0.25, 0.3) is 0 Å². The molecule has 0 N–H and O–H groups in total. The minimum Gasteiger partial charge on any atom is -0.310 e. The number of nitrogens with zero attached hydrogens (tertiary/aromatic N) is 3. The summed E-state index contributed by atoms with van der Waals surface area (Å²) >= 11 is 0. The van der Waals surface area contributed by atoms with E-state index in [1.165, 1.54) is 0 Å². The zero-order chi connectivity index (χ0) is 14.0. The average molecular weight is 257 g/mol. The molecule has 2 rings (SSSR count). The first-order valence-corrected chi connectivity index (χ1v) is 6.40. The van der Waals surface area contributed by atoms with Crippen LogP contribution in [0.15, 0.2) is 36.4 Å². The fourth-order valence-electron chi connectivity index (χ4n) is 2.06. The Morgan fingerprint density at radius 1 is 1.26 bits per heavy atom. The number of para-hydroxylation sites is 1. The molecule has 0 aliphatic rings. The van der Waals surface area contributed by atoms with Gasteiger partial charge in [-0.3, -0.25) is 9.48 Å². The van der Waals surface area contributed by atoms with Crippen LogP contribution in [0, 0.1) is 6.92 Å². The van der Waals surface area contributed by atoms with Gasteiger partial charge < -0.3 is 4.90 Å². The molecule has 0 radical (unpaired) electrons. The van der Waals surface area contributed by atoms with Crippen LogP contribution in [0.4, 0.5) is 5.69 Å². The van der Waals surface area contributed by atoms with Crippen LogP contribution >= 0.6 is 0 Å². The molecule has 2 aromatic rings. The Bertz CT molecular complexity index is 572. The maximum Gasteiger partial charge on any atom is 0.278 e. The number of carbonyl (C=O) groups is 1. The number of carbonyl (C=O) groups excluding carboxylic acids is 1. The van der Waals surface area contributed by atoms with Gasteiger partial charge in [-0.2, -0.15) is 5.10 Å². The number of amides is 1. The normalized spacial score (nSPS) is 10.8. The number of benzene rings is 1. The van der Waals surface area contributed by atoms with Crippen molar-refractivity contribution in [2.45, 2.75) is 26.8 Å². The molecule has 1 aromatic carbocycles. The summed E-state index contributed by atoms with van der Waals surface area (Å²) < 4.78 is 1.87. The van der Waals surface area contributed by atoms with E-state index < -0.39 is 0 Å². The van der Waals surface area contributed by atoms with Crippen molar-refractivity contribution >= 4 is 11.6 Å². The molecule has 1 heterocycles. The summed E-state index contributed by atoms with van der Waals surface area (Å²) in [7, 11) is 1.77. The SMILES string of the molecule is Cc1cc(C(=O)N(C)c2ccccc2)nn1C(C)C. The van der Waals surface area contributed by atoms with Crippen LogP contribution < -0.4 is 4.90 Å². The van der Waals surface area contributed by atoms with Crippen molar-refractivity contribution in [3.63, 3.8) is 0 Å². The molecule has 4 nitrogen and oxygen atoms in total. The zero-order valence-corrected chi connectivity index (χ0v) is 11.8. The molecule has 0 atom stereocenters. The van der Waals surface area contributed by atoms with Gasteiger partial charge in [-0.05, 0) is 39.0 Å². The fourth-order valence-corrected chi connectivity index (χ4v) is 2.06. The molecule has 0 bridgehead atoms. The third-order valence-electron chi connectivity index (χ3n) is 3.08.